The van der Waals surface area contributed by atoms with E-state index in [1.165, 1.54) is 25.7 Å². The molecule has 1 aliphatic heterocycles. The Labute approximate surface area is 119 Å². The molecular formula is C16H32N2O. The summed E-state index contributed by atoms with van der Waals surface area (Å²) in [4.78, 5) is 2.64. The van der Waals surface area contributed by atoms with Crippen molar-refractivity contribution in [2.75, 3.05) is 32.8 Å². The van der Waals surface area contributed by atoms with Crippen LogP contribution in [0.15, 0.2) is 0 Å². The Morgan fingerprint density at radius 2 is 1.95 bits per heavy atom. The fraction of sp³-hybridized carbons (Fsp3) is 1.00. The molecule has 0 spiro atoms. The number of nitrogens with zero attached hydrogens (tertiary/aromatic N) is 1. The quantitative estimate of drug-likeness (QED) is 0.801. The van der Waals surface area contributed by atoms with Crippen LogP contribution in [0.1, 0.15) is 46.5 Å². The van der Waals surface area contributed by atoms with Gasteiger partial charge < -0.3 is 10.1 Å². The van der Waals surface area contributed by atoms with Crippen LogP contribution in [0.4, 0.5) is 0 Å². The number of hydrogen-bond acceptors (Lipinski definition) is 3. The molecule has 3 heteroatoms. The van der Waals surface area contributed by atoms with Gasteiger partial charge in [-0.05, 0) is 31.1 Å². The lowest BCUT2D eigenvalue weighted by molar-refractivity contribution is 0.0116. The molecule has 19 heavy (non-hydrogen) atoms. The molecular weight excluding hydrogens is 236 g/mol. The number of hydrogen-bond donors (Lipinski definition) is 1. The maximum absolute atomic E-state index is 5.49. The summed E-state index contributed by atoms with van der Waals surface area (Å²) in [5, 5.41) is 3.85. The van der Waals surface area contributed by atoms with Crippen LogP contribution >= 0.6 is 0 Å². The number of nitrogens with one attached hydrogen (secondary N) is 1. The van der Waals surface area contributed by atoms with Gasteiger partial charge in [0.1, 0.15) is 0 Å². The minimum Gasteiger partial charge on any atom is -0.379 e. The standard InChI is InChI=1S/C16H32N2O/c1-13(2)11-15(18-7-9-19-10-8-18)12-17-16-6-4-5-14(16)3/h13-17H,4-12H2,1-3H3. The lowest BCUT2D eigenvalue weighted by Crippen LogP contribution is -2.50. The van der Waals surface area contributed by atoms with Gasteiger partial charge in [-0.25, -0.2) is 0 Å². The molecule has 0 aromatic heterocycles. The third-order valence-corrected chi connectivity index (χ3v) is 4.78. The van der Waals surface area contributed by atoms with Crippen LogP contribution in [0.5, 0.6) is 0 Å². The van der Waals surface area contributed by atoms with Crippen molar-refractivity contribution in [3.05, 3.63) is 0 Å². The number of rotatable bonds is 6. The SMILES string of the molecule is CC(C)CC(CNC1CCCC1C)N1CCOCC1. The van der Waals surface area contributed by atoms with Crippen molar-refractivity contribution in [1.82, 2.24) is 10.2 Å². The first-order chi connectivity index (χ1) is 9.16. The average molecular weight is 268 g/mol. The number of morpholine rings is 1. The Bertz CT molecular complexity index is 251. The summed E-state index contributed by atoms with van der Waals surface area (Å²) in [7, 11) is 0. The predicted molar refractivity (Wildman–Crippen MR) is 80.4 cm³/mol. The van der Waals surface area contributed by atoms with E-state index < -0.39 is 0 Å². The normalized spacial score (nSPS) is 30.9. The van der Waals surface area contributed by atoms with Crippen LogP contribution in [-0.4, -0.2) is 49.8 Å². The fourth-order valence-electron chi connectivity index (χ4n) is 3.58. The largest absolute Gasteiger partial charge is 0.379 e. The van der Waals surface area contributed by atoms with E-state index in [1.807, 2.05) is 0 Å². The van der Waals surface area contributed by atoms with Gasteiger partial charge >= 0.3 is 0 Å². The molecule has 0 bridgehead atoms. The summed E-state index contributed by atoms with van der Waals surface area (Å²) in [5.74, 6) is 1.64. The fourth-order valence-corrected chi connectivity index (χ4v) is 3.58. The van der Waals surface area contributed by atoms with Crippen molar-refractivity contribution in [2.24, 2.45) is 11.8 Å². The molecule has 3 nitrogen and oxygen atoms in total. The summed E-state index contributed by atoms with van der Waals surface area (Å²) in [6.45, 7) is 12.3. The highest BCUT2D eigenvalue weighted by atomic mass is 16.5. The van der Waals surface area contributed by atoms with Crippen molar-refractivity contribution < 1.29 is 4.74 Å². The van der Waals surface area contributed by atoms with Crippen LogP contribution in [0.2, 0.25) is 0 Å². The molecule has 1 N–H and O–H groups in total. The number of ether oxygens (including phenoxy) is 1. The second-order valence-corrected chi connectivity index (χ2v) is 6.85. The van der Waals surface area contributed by atoms with Gasteiger partial charge in [-0.2, -0.15) is 0 Å². The van der Waals surface area contributed by atoms with Gasteiger partial charge in [-0.15, -0.1) is 0 Å². The molecule has 3 atom stereocenters. The van der Waals surface area contributed by atoms with Crippen LogP contribution < -0.4 is 5.32 Å². The molecule has 112 valence electrons. The molecule has 0 radical (unpaired) electrons. The monoisotopic (exact) mass is 268 g/mol. The molecule has 3 unspecified atom stereocenters. The van der Waals surface area contributed by atoms with Gasteiger partial charge in [0.15, 0.2) is 0 Å². The smallest absolute Gasteiger partial charge is 0.0594 e. The van der Waals surface area contributed by atoms with Crippen LogP contribution in [-0.2, 0) is 4.74 Å². The van der Waals surface area contributed by atoms with Crippen molar-refractivity contribution in [3.8, 4) is 0 Å². The Balaban J connectivity index is 1.82. The van der Waals surface area contributed by atoms with Crippen molar-refractivity contribution in [1.29, 1.82) is 0 Å². The maximum atomic E-state index is 5.49. The van der Waals surface area contributed by atoms with Crippen molar-refractivity contribution in [2.45, 2.75) is 58.5 Å². The van der Waals surface area contributed by atoms with Gasteiger partial charge in [0.05, 0.1) is 13.2 Å². The second kappa shape index (κ2) is 7.61. The molecule has 2 rings (SSSR count). The molecule has 0 aromatic carbocycles. The minimum atomic E-state index is 0.691. The van der Waals surface area contributed by atoms with Crippen LogP contribution in [0.3, 0.4) is 0 Å². The van der Waals surface area contributed by atoms with Crippen molar-refractivity contribution in [3.63, 3.8) is 0 Å². The minimum absolute atomic E-state index is 0.691. The highest BCUT2D eigenvalue weighted by Gasteiger charge is 2.26. The zero-order valence-electron chi connectivity index (χ0n) is 13.0. The summed E-state index contributed by atoms with van der Waals surface area (Å²) in [6, 6.07) is 1.45. The Morgan fingerprint density at radius 3 is 2.53 bits per heavy atom. The molecule has 0 aromatic rings. The van der Waals surface area contributed by atoms with E-state index in [9.17, 15) is 0 Å². The van der Waals surface area contributed by atoms with Crippen molar-refractivity contribution >= 4 is 0 Å². The van der Waals surface area contributed by atoms with E-state index in [-0.39, 0.29) is 0 Å². The summed E-state index contributed by atoms with van der Waals surface area (Å²) < 4.78 is 5.49. The Kier molecular flexibility index (Phi) is 6.11. The Hall–Kier alpha value is -0.120. The van der Waals surface area contributed by atoms with Gasteiger partial charge in [0.2, 0.25) is 0 Å². The zero-order valence-corrected chi connectivity index (χ0v) is 13.0. The molecule has 2 fully saturated rings. The van der Waals surface area contributed by atoms with E-state index in [2.05, 4.69) is 31.0 Å². The van der Waals surface area contributed by atoms with Gasteiger partial charge in [-0.1, -0.05) is 27.2 Å². The predicted octanol–water partition coefficient (Wildman–Crippen LogP) is 2.51. The first kappa shape index (κ1) is 15.3. The maximum Gasteiger partial charge on any atom is 0.0594 e. The third-order valence-electron chi connectivity index (χ3n) is 4.78. The lowest BCUT2D eigenvalue weighted by atomic mass is 10.0. The molecule has 1 saturated carbocycles. The highest BCUT2D eigenvalue weighted by Crippen LogP contribution is 2.25. The molecule has 1 heterocycles. The first-order valence-electron chi connectivity index (χ1n) is 8.22. The molecule has 2 aliphatic rings. The van der Waals surface area contributed by atoms with E-state index in [0.29, 0.717) is 6.04 Å². The average Bonchev–Trinajstić information content (AvgIpc) is 2.81. The molecule has 0 amide bonds. The van der Waals surface area contributed by atoms with E-state index in [4.69, 9.17) is 4.74 Å². The van der Waals surface area contributed by atoms with Crippen LogP contribution in [0.25, 0.3) is 0 Å². The van der Waals surface area contributed by atoms with Crippen LogP contribution in [0, 0.1) is 11.8 Å². The van der Waals surface area contributed by atoms with Gasteiger partial charge in [0, 0.05) is 31.7 Å². The van der Waals surface area contributed by atoms with Gasteiger partial charge in [-0.3, -0.25) is 4.90 Å². The summed E-state index contributed by atoms with van der Waals surface area (Å²) >= 11 is 0. The topological polar surface area (TPSA) is 24.5 Å². The molecule has 1 saturated heterocycles. The second-order valence-electron chi connectivity index (χ2n) is 6.85. The highest BCUT2D eigenvalue weighted by molar-refractivity contribution is 4.84. The third kappa shape index (κ3) is 4.73. The Morgan fingerprint density at radius 1 is 1.21 bits per heavy atom. The zero-order chi connectivity index (χ0) is 13.7. The first-order valence-corrected chi connectivity index (χ1v) is 8.22. The van der Waals surface area contributed by atoms with E-state index in [0.717, 1.165) is 50.7 Å². The van der Waals surface area contributed by atoms with E-state index >= 15 is 0 Å². The lowest BCUT2D eigenvalue weighted by Gasteiger charge is -2.36. The molecule has 1 aliphatic carbocycles. The van der Waals surface area contributed by atoms with E-state index in [1.54, 1.807) is 0 Å². The van der Waals surface area contributed by atoms with Gasteiger partial charge in [0.25, 0.3) is 0 Å². The summed E-state index contributed by atoms with van der Waals surface area (Å²) in [5.41, 5.74) is 0. The summed E-state index contributed by atoms with van der Waals surface area (Å²) in [6.07, 6.45) is 5.49.